The van der Waals surface area contributed by atoms with Crippen LogP contribution in [-0.4, -0.2) is 52.1 Å². The minimum Gasteiger partial charge on any atom is -0.390 e. The number of aliphatic hydroxyl groups excluding tert-OH is 1. The quantitative estimate of drug-likeness (QED) is 0.605. The highest BCUT2D eigenvalue weighted by Crippen LogP contribution is 2.35. The number of carbonyl (C=O) groups excluding carboxylic acids is 2. The molecule has 150 valence electrons. The lowest BCUT2D eigenvalue weighted by atomic mass is 9.86. The van der Waals surface area contributed by atoms with Crippen LogP contribution in [0.2, 0.25) is 0 Å². The molecule has 2 aliphatic heterocycles. The highest BCUT2D eigenvalue weighted by atomic mass is 16.3. The van der Waals surface area contributed by atoms with E-state index in [0.29, 0.717) is 0 Å². The van der Waals surface area contributed by atoms with Crippen molar-refractivity contribution in [3.05, 3.63) is 78.4 Å². The van der Waals surface area contributed by atoms with Crippen molar-refractivity contribution in [1.29, 1.82) is 0 Å². The number of benzene rings is 2. The number of hydrogen-bond donors (Lipinski definition) is 2. The molecule has 2 aromatic rings. The molecule has 5 atom stereocenters. The number of para-hydroxylation sites is 1. The van der Waals surface area contributed by atoms with Gasteiger partial charge in [-0.25, -0.2) is 5.01 Å². The molecule has 0 radical (unpaired) electrons. The van der Waals surface area contributed by atoms with Gasteiger partial charge in [0.1, 0.15) is 6.04 Å². The molecule has 0 aliphatic carbocycles. The van der Waals surface area contributed by atoms with Gasteiger partial charge in [0.05, 0.1) is 18.1 Å². The van der Waals surface area contributed by atoms with Crippen molar-refractivity contribution >= 4 is 17.5 Å². The monoisotopic (exact) mass is 391 g/mol. The number of aliphatic hydroxyl groups is 1. The highest BCUT2D eigenvalue weighted by molar-refractivity contribution is 6.08. The standard InChI is InChI=1S/C23H25N3O3/c1-15(16-9-5-3-6-10-16)21(27)19-14-13-18-20(23(29)25(2)22(18)28)26(19)24-17-11-7-4-8-12-17/h3-15,18-21,24,27H,1-2H3. The number of imide groups is 1. The predicted molar refractivity (Wildman–Crippen MR) is 111 cm³/mol. The summed E-state index contributed by atoms with van der Waals surface area (Å²) in [5, 5.41) is 13.0. The Kier molecular flexibility index (Phi) is 5.22. The van der Waals surface area contributed by atoms with Crippen LogP contribution in [0.3, 0.4) is 0 Å². The summed E-state index contributed by atoms with van der Waals surface area (Å²) < 4.78 is 0. The Balaban J connectivity index is 1.69. The van der Waals surface area contributed by atoms with Crippen LogP contribution in [0.5, 0.6) is 0 Å². The maximum atomic E-state index is 12.9. The van der Waals surface area contributed by atoms with Gasteiger partial charge in [-0.1, -0.05) is 67.6 Å². The Morgan fingerprint density at radius 3 is 2.21 bits per heavy atom. The third-order valence-corrected chi connectivity index (χ3v) is 5.90. The van der Waals surface area contributed by atoms with E-state index in [9.17, 15) is 14.7 Å². The molecule has 6 heteroatoms. The van der Waals surface area contributed by atoms with Crippen LogP contribution in [0.15, 0.2) is 72.8 Å². The molecular formula is C23H25N3O3. The maximum Gasteiger partial charge on any atom is 0.249 e. The van der Waals surface area contributed by atoms with E-state index in [1.165, 1.54) is 11.9 Å². The second-order valence-corrected chi connectivity index (χ2v) is 7.66. The zero-order valence-electron chi connectivity index (χ0n) is 16.5. The van der Waals surface area contributed by atoms with Gasteiger partial charge in [-0.3, -0.25) is 14.5 Å². The van der Waals surface area contributed by atoms with Gasteiger partial charge in [-0.2, -0.15) is 0 Å². The normalized spacial score (nSPS) is 26.3. The van der Waals surface area contributed by atoms with Crippen molar-refractivity contribution in [3.63, 3.8) is 0 Å². The molecule has 1 saturated heterocycles. The lowest BCUT2D eigenvalue weighted by Crippen LogP contribution is -2.58. The summed E-state index contributed by atoms with van der Waals surface area (Å²) in [7, 11) is 1.51. The Bertz CT molecular complexity index is 915. The maximum absolute atomic E-state index is 12.9. The van der Waals surface area contributed by atoms with Crippen LogP contribution in [0.4, 0.5) is 5.69 Å². The predicted octanol–water partition coefficient (Wildman–Crippen LogP) is 2.40. The lowest BCUT2D eigenvalue weighted by molar-refractivity contribution is -0.138. The van der Waals surface area contributed by atoms with E-state index in [1.807, 2.05) is 73.7 Å². The fourth-order valence-corrected chi connectivity index (χ4v) is 4.14. The summed E-state index contributed by atoms with van der Waals surface area (Å²) in [5.74, 6) is -1.20. The van der Waals surface area contributed by atoms with Gasteiger partial charge in [-0.15, -0.1) is 0 Å². The molecule has 2 amide bonds. The first-order chi connectivity index (χ1) is 14.0. The average Bonchev–Trinajstić information content (AvgIpc) is 2.98. The van der Waals surface area contributed by atoms with Crippen molar-refractivity contribution in [2.24, 2.45) is 5.92 Å². The molecule has 0 aromatic heterocycles. The number of likely N-dealkylation sites (tertiary alicyclic amines) is 1. The molecular weight excluding hydrogens is 366 g/mol. The molecule has 29 heavy (non-hydrogen) atoms. The van der Waals surface area contributed by atoms with E-state index in [0.717, 1.165) is 11.3 Å². The summed E-state index contributed by atoms with van der Waals surface area (Å²) in [6.45, 7) is 1.97. The first kappa shape index (κ1) is 19.4. The number of rotatable bonds is 5. The number of amides is 2. The van der Waals surface area contributed by atoms with Gasteiger partial charge >= 0.3 is 0 Å². The molecule has 0 bridgehead atoms. The number of hydrogen-bond acceptors (Lipinski definition) is 5. The summed E-state index contributed by atoms with van der Waals surface area (Å²) in [6.07, 6.45) is 2.83. The molecule has 1 fully saturated rings. The summed E-state index contributed by atoms with van der Waals surface area (Å²) in [6, 6.07) is 18.1. The van der Waals surface area contributed by atoms with Gasteiger partial charge in [-0.05, 0) is 17.7 Å². The molecule has 2 aromatic carbocycles. The Morgan fingerprint density at radius 1 is 0.931 bits per heavy atom. The van der Waals surface area contributed by atoms with Crippen LogP contribution in [0, 0.1) is 5.92 Å². The summed E-state index contributed by atoms with van der Waals surface area (Å²) in [5.41, 5.74) is 5.09. The van der Waals surface area contributed by atoms with Gasteiger partial charge in [0, 0.05) is 18.7 Å². The number of fused-ring (bicyclic) bond motifs is 1. The van der Waals surface area contributed by atoms with E-state index in [-0.39, 0.29) is 17.7 Å². The fourth-order valence-electron chi connectivity index (χ4n) is 4.14. The first-order valence-corrected chi connectivity index (χ1v) is 9.82. The molecule has 4 rings (SSSR count). The third kappa shape index (κ3) is 3.45. The number of nitrogens with one attached hydrogen (secondary N) is 1. The van der Waals surface area contributed by atoms with E-state index in [2.05, 4.69) is 5.43 Å². The van der Waals surface area contributed by atoms with Crippen molar-refractivity contribution in [2.45, 2.75) is 31.0 Å². The molecule has 0 spiro atoms. The molecule has 6 nitrogen and oxygen atoms in total. The Morgan fingerprint density at radius 2 is 1.55 bits per heavy atom. The van der Waals surface area contributed by atoms with Gasteiger partial charge in [0.25, 0.3) is 0 Å². The average molecular weight is 391 g/mol. The van der Waals surface area contributed by atoms with Crippen LogP contribution in [-0.2, 0) is 9.59 Å². The zero-order valence-corrected chi connectivity index (χ0v) is 16.5. The van der Waals surface area contributed by atoms with Gasteiger partial charge in [0.2, 0.25) is 11.8 Å². The number of likely N-dealkylation sites (N-methyl/N-ethyl adjacent to an activating group) is 1. The smallest absolute Gasteiger partial charge is 0.249 e. The molecule has 0 saturated carbocycles. The van der Waals surface area contributed by atoms with E-state index in [1.54, 1.807) is 11.1 Å². The van der Waals surface area contributed by atoms with Crippen molar-refractivity contribution in [2.75, 3.05) is 12.5 Å². The molecule has 5 unspecified atom stereocenters. The topological polar surface area (TPSA) is 72.9 Å². The minimum atomic E-state index is -0.778. The second kappa shape index (κ2) is 7.81. The molecule has 2 heterocycles. The SMILES string of the molecule is CC(c1ccccc1)C(O)C1C=CC2C(=O)N(C)C(=O)C2N1Nc1ccccc1. The largest absolute Gasteiger partial charge is 0.390 e. The zero-order chi connectivity index (χ0) is 20.5. The Hall–Kier alpha value is -2.96. The number of carbonyl (C=O) groups is 2. The van der Waals surface area contributed by atoms with Crippen molar-refractivity contribution in [3.8, 4) is 0 Å². The van der Waals surface area contributed by atoms with Crippen LogP contribution >= 0.6 is 0 Å². The van der Waals surface area contributed by atoms with Crippen molar-refractivity contribution in [1.82, 2.24) is 9.91 Å². The number of nitrogens with zero attached hydrogens (tertiary/aromatic N) is 2. The Labute approximate surface area is 170 Å². The van der Waals surface area contributed by atoms with Crippen LogP contribution in [0.25, 0.3) is 0 Å². The minimum absolute atomic E-state index is 0.160. The first-order valence-electron chi connectivity index (χ1n) is 9.82. The fraction of sp³-hybridized carbons (Fsp3) is 0.304. The highest BCUT2D eigenvalue weighted by Gasteiger charge is 2.52. The lowest BCUT2D eigenvalue weighted by Gasteiger charge is -2.42. The van der Waals surface area contributed by atoms with Crippen LogP contribution in [0.1, 0.15) is 18.4 Å². The third-order valence-electron chi connectivity index (χ3n) is 5.90. The molecule has 2 aliphatic rings. The number of anilines is 1. The second-order valence-electron chi connectivity index (χ2n) is 7.66. The van der Waals surface area contributed by atoms with E-state index < -0.39 is 24.1 Å². The van der Waals surface area contributed by atoms with Crippen LogP contribution < -0.4 is 5.43 Å². The summed E-state index contributed by atoms with van der Waals surface area (Å²) in [4.78, 5) is 26.6. The summed E-state index contributed by atoms with van der Waals surface area (Å²) >= 11 is 0. The molecule has 2 N–H and O–H groups in total. The van der Waals surface area contributed by atoms with Crippen molar-refractivity contribution < 1.29 is 14.7 Å². The van der Waals surface area contributed by atoms with Gasteiger partial charge in [0.15, 0.2) is 0 Å². The number of hydrazine groups is 1. The van der Waals surface area contributed by atoms with E-state index >= 15 is 0 Å². The van der Waals surface area contributed by atoms with E-state index in [4.69, 9.17) is 0 Å². The van der Waals surface area contributed by atoms with Gasteiger partial charge < -0.3 is 10.5 Å².